The first kappa shape index (κ1) is 9.35. The predicted octanol–water partition coefficient (Wildman–Crippen LogP) is 0.834. The van der Waals surface area contributed by atoms with Crippen LogP contribution in [0.4, 0.5) is 0 Å². The molecule has 0 saturated carbocycles. The second-order valence-corrected chi connectivity index (χ2v) is 3.95. The van der Waals surface area contributed by atoms with Crippen LogP contribution >= 0.6 is 0 Å². The van der Waals surface area contributed by atoms with Gasteiger partial charge < -0.3 is 15.4 Å². The summed E-state index contributed by atoms with van der Waals surface area (Å²) < 4.78 is 0. The fourth-order valence-corrected chi connectivity index (χ4v) is 2.21. The Morgan fingerprint density at radius 1 is 1.50 bits per heavy atom. The lowest BCUT2D eigenvalue weighted by atomic mass is 9.94. The summed E-state index contributed by atoms with van der Waals surface area (Å²) in [5.74, 6) is -0.837. The maximum Gasteiger partial charge on any atom is 0.325 e. The molecule has 2 heterocycles. The van der Waals surface area contributed by atoms with Crippen molar-refractivity contribution in [3.8, 4) is 0 Å². The van der Waals surface area contributed by atoms with Gasteiger partial charge in [0.05, 0.1) is 17.4 Å². The van der Waals surface area contributed by atoms with E-state index in [1.807, 2.05) is 12.1 Å². The van der Waals surface area contributed by atoms with Gasteiger partial charge in [-0.25, -0.2) is 4.98 Å². The summed E-state index contributed by atoms with van der Waals surface area (Å²) in [5, 5.41) is 12.1. The molecule has 5 heteroatoms. The standard InChI is InChI=1S/C11H11N3O2/c15-11(16)10-7-4-9-8(13-5-14-9)3-6(7)1-2-12-10/h3-5,10,12H,1-2H2,(H,13,14)(H,15,16). The number of benzene rings is 1. The number of hydrogen-bond donors (Lipinski definition) is 3. The van der Waals surface area contributed by atoms with E-state index in [-0.39, 0.29) is 0 Å². The van der Waals surface area contributed by atoms with Crippen LogP contribution in [0.25, 0.3) is 11.0 Å². The topological polar surface area (TPSA) is 78.0 Å². The molecule has 3 rings (SSSR count). The molecule has 16 heavy (non-hydrogen) atoms. The molecular formula is C11H11N3O2. The molecule has 0 radical (unpaired) electrons. The van der Waals surface area contributed by atoms with Gasteiger partial charge in [0.2, 0.25) is 0 Å². The van der Waals surface area contributed by atoms with Crippen LogP contribution in [0, 0.1) is 0 Å². The number of aromatic nitrogens is 2. The molecule has 1 aliphatic rings. The quantitative estimate of drug-likeness (QED) is 0.661. The average Bonchev–Trinajstić information content (AvgIpc) is 2.71. The van der Waals surface area contributed by atoms with Crippen molar-refractivity contribution in [3.05, 3.63) is 29.6 Å². The molecule has 0 amide bonds. The molecule has 2 aromatic rings. The highest BCUT2D eigenvalue weighted by Gasteiger charge is 2.26. The normalized spacial score (nSPS) is 19.6. The molecule has 0 bridgehead atoms. The number of imidazole rings is 1. The van der Waals surface area contributed by atoms with Gasteiger partial charge in [-0.2, -0.15) is 0 Å². The minimum absolute atomic E-state index is 0.607. The molecule has 0 spiro atoms. The summed E-state index contributed by atoms with van der Waals surface area (Å²) in [6.45, 7) is 0.698. The highest BCUT2D eigenvalue weighted by Crippen LogP contribution is 2.26. The van der Waals surface area contributed by atoms with Crippen LogP contribution in [0.2, 0.25) is 0 Å². The van der Waals surface area contributed by atoms with Crippen molar-refractivity contribution in [3.63, 3.8) is 0 Å². The summed E-state index contributed by atoms with van der Waals surface area (Å²) in [6.07, 6.45) is 2.48. The number of rotatable bonds is 1. The van der Waals surface area contributed by atoms with Gasteiger partial charge in [-0.1, -0.05) is 0 Å². The highest BCUT2D eigenvalue weighted by atomic mass is 16.4. The van der Waals surface area contributed by atoms with Crippen LogP contribution in [-0.2, 0) is 11.2 Å². The van der Waals surface area contributed by atoms with E-state index in [1.54, 1.807) is 6.33 Å². The maximum atomic E-state index is 11.1. The van der Waals surface area contributed by atoms with Crippen molar-refractivity contribution in [1.29, 1.82) is 0 Å². The Labute approximate surface area is 91.5 Å². The molecule has 5 nitrogen and oxygen atoms in total. The van der Waals surface area contributed by atoms with E-state index in [4.69, 9.17) is 5.11 Å². The molecule has 3 N–H and O–H groups in total. The molecular weight excluding hydrogens is 206 g/mol. The molecule has 1 atom stereocenters. The number of H-pyrrole nitrogens is 1. The first-order valence-corrected chi connectivity index (χ1v) is 5.18. The van der Waals surface area contributed by atoms with Gasteiger partial charge in [0.15, 0.2) is 0 Å². The summed E-state index contributed by atoms with van der Waals surface area (Å²) >= 11 is 0. The van der Waals surface area contributed by atoms with E-state index in [1.165, 1.54) is 0 Å². The zero-order valence-corrected chi connectivity index (χ0v) is 8.53. The number of fused-ring (bicyclic) bond motifs is 2. The fourth-order valence-electron chi connectivity index (χ4n) is 2.21. The summed E-state index contributed by atoms with van der Waals surface area (Å²) in [4.78, 5) is 18.3. The monoisotopic (exact) mass is 217 g/mol. The van der Waals surface area contributed by atoms with Crippen LogP contribution in [0.1, 0.15) is 17.2 Å². The van der Waals surface area contributed by atoms with Crippen molar-refractivity contribution < 1.29 is 9.90 Å². The molecule has 82 valence electrons. The zero-order valence-electron chi connectivity index (χ0n) is 8.53. The Balaban J connectivity index is 2.21. The lowest BCUT2D eigenvalue weighted by Crippen LogP contribution is -2.34. The Morgan fingerprint density at radius 3 is 3.19 bits per heavy atom. The second kappa shape index (κ2) is 3.31. The van der Waals surface area contributed by atoms with Gasteiger partial charge in [-0.05, 0) is 29.7 Å². The third-order valence-electron chi connectivity index (χ3n) is 2.98. The van der Waals surface area contributed by atoms with Crippen molar-refractivity contribution in [2.45, 2.75) is 12.5 Å². The number of carbonyl (C=O) groups is 1. The third kappa shape index (κ3) is 1.29. The van der Waals surface area contributed by atoms with Gasteiger partial charge in [0.1, 0.15) is 6.04 Å². The number of hydrogen-bond acceptors (Lipinski definition) is 3. The molecule has 0 saturated heterocycles. The Bertz CT molecular complexity index is 561. The first-order chi connectivity index (χ1) is 7.75. The number of nitrogens with one attached hydrogen (secondary N) is 2. The third-order valence-corrected chi connectivity index (χ3v) is 2.98. The zero-order chi connectivity index (χ0) is 11.1. The van der Waals surface area contributed by atoms with Crippen molar-refractivity contribution in [1.82, 2.24) is 15.3 Å². The predicted molar refractivity (Wildman–Crippen MR) is 58.2 cm³/mol. The maximum absolute atomic E-state index is 11.1. The van der Waals surface area contributed by atoms with Gasteiger partial charge in [-0.15, -0.1) is 0 Å². The van der Waals surface area contributed by atoms with Crippen molar-refractivity contribution in [2.75, 3.05) is 6.54 Å². The van der Waals surface area contributed by atoms with Crippen LogP contribution in [0.5, 0.6) is 0 Å². The van der Waals surface area contributed by atoms with Crippen LogP contribution in [0.3, 0.4) is 0 Å². The molecule has 1 aromatic heterocycles. The number of aliphatic carboxylic acids is 1. The second-order valence-electron chi connectivity index (χ2n) is 3.95. The molecule has 0 aliphatic carbocycles. The number of carboxylic acids is 1. The first-order valence-electron chi connectivity index (χ1n) is 5.18. The van der Waals surface area contributed by atoms with E-state index >= 15 is 0 Å². The van der Waals surface area contributed by atoms with E-state index in [0.717, 1.165) is 28.6 Å². The fraction of sp³-hybridized carbons (Fsp3) is 0.273. The molecule has 1 unspecified atom stereocenters. The summed E-state index contributed by atoms with van der Waals surface area (Å²) in [5.41, 5.74) is 3.69. The average molecular weight is 217 g/mol. The lowest BCUT2D eigenvalue weighted by molar-refractivity contribution is -0.139. The summed E-state index contributed by atoms with van der Waals surface area (Å²) in [7, 11) is 0. The minimum Gasteiger partial charge on any atom is -0.480 e. The van der Waals surface area contributed by atoms with Gasteiger partial charge in [0, 0.05) is 6.54 Å². The highest BCUT2D eigenvalue weighted by molar-refractivity contribution is 5.82. The minimum atomic E-state index is -0.837. The van der Waals surface area contributed by atoms with Gasteiger partial charge >= 0.3 is 5.97 Å². The smallest absolute Gasteiger partial charge is 0.325 e. The molecule has 1 aliphatic heterocycles. The number of aromatic amines is 1. The van der Waals surface area contributed by atoms with E-state index in [2.05, 4.69) is 15.3 Å². The molecule has 0 fully saturated rings. The Kier molecular flexibility index (Phi) is 1.94. The van der Waals surface area contributed by atoms with Gasteiger partial charge in [0.25, 0.3) is 0 Å². The number of nitrogens with zero attached hydrogens (tertiary/aromatic N) is 1. The SMILES string of the molecule is O=C(O)C1NCCc2cc3[nH]cnc3cc21. The van der Waals surface area contributed by atoms with Crippen LogP contribution in [-0.4, -0.2) is 27.6 Å². The van der Waals surface area contributed by atoms with E-state index in [0.29, 0.717) is 6.54 Å². The van der Waals surface area contributed by atoms with Crippen LogP contribution < -0.4 is 5.32 Å². The lowest BCUT2D eigenvalue weighted by Gasteiger charge is -2.23. The molecule has 1 aromatic carbocycles. The summed E-state index contributed by atoms with van der Waals surface area (Å²) in [6, 6.07) is 3.24. The van der Waals surface area contributed by atoms with Crippen LogP contribution in [0.15, 0.2) is 18.5 Å². The van der Waals surface area contributed by atoms with E-state index < -0.39 is 12.0 Å². The Morgan fingerprint density at radius 2 is 2.38 bits per heavy atom. The van der Waals surface area contributed by atoms with Crippen molar-refractivity contribution >= 4 is 17.0 Å². The van der Waals surface area contributed by atoms with Crippen molar-refractivity contribution in [2.24, 2.45) is 0 Å². The number of carboxylic acid groups (broad SMARTS) is 1. The largest absolute Gasteiger partial charge is 0.480 e. The van der Waals surface area contributed by atoms with E-state index in [9.17, 15) is 4.79 Å². The van der Waals surface area contributed by atoms with Gasteiger partial charge in [-0.3, -0.25) is 4.79 Å². The Hall–Kier alpha value is -1.88.